The number of nitrogens with one attached hydrogen (secondary N) is 2. The number of aromatic amines is 1. The summed E-state index contributed by atoms with van der Waals surface area (Å²) in [6.07, 6.45) is 2.35. The smallest absolute Gasteiger partial charge is 0.290 e. The summed E-state index contributed by atoms with van der Waals surface area (Å²) in [5.74, 6) is 1.26. The van der Waals surface area contributed by atoms with Gasteiger partial charge in [-0.15, -0.1) is 0 Å². The van der Waals surface area contributed by atoms with E-state index in [4.69, 9.17) is 14.6 Å². The number of H-pyrrole nitrogens is 1. The molecule has 29 heavy (non-hydrogen) atoms. The molecule has 0 radical (unpaired) electrons. The molecule has 3 fully saturated rings. The average Bonchev–Trinajstić information content (AvgIpc) is 3.13. The summed E-state index contributed by atoms with van der Waals surface area (Å²) >= 11 is 0. The Balaban J connectivity index is 0.000000755. The van der Waals surface area contributed by atoms with Crippen molar-refractivity contribution in [3.05, 3.63) is 23.9 Å². The molecule has 3 saturated heterocycles. The predicted molar refractivity (Wildman–Crippen MR) is 109 cm³/mol. The topological polar surface area (TPSA) is 111 Å². The van der Waals surface area contributed by atoms with Gasteiger partial charge in [0.2, 0.25) is 0 Å². The van der Waals surface area contributed by atoms with Crippen molar-refractivity contribution in [1.29, 1.82) is 0 Å². The highest BCUT2D eigenvalue weighted by Gasteiger charge is 2.35. The molecular weight excluding hydrogens is 374 g/mol. The van der Waals surface area contributed by atoms with Crippen molar-refractivity contribution in [3.8, 4) is 5.75 Å². The van der Waals surface area contributed by atoms with Crippen LogP contribution in [0.2, 0.25) is 0 Å². The van der Waals surface area contributed by atoms with Gasteiger partial charge in [-0.2, -0.15) is 5.10 Å². The number of carbonyl (C=O) groups is 2. The van der Waals surface area contributed by atoms with Gasteiger partial charge in [-0.3, -0.25) is 14.7 Å². The molecule has 3 aliphatic heterocycles. The number of carbonyl (C=O) groups excluding carboxylic acids is 1. The maximum Gasteiger partial charge on any atom is 0.290 e. The minimum Gasteiger partial charge on any atom is -0.492 e. The SMILES string of the molecule is CN(C)CCOc1ccc2[nH]nc(C(=O)N[C@@H]3CN4CCC3CC4)c2c1.O=CO. The summed E-state index contributed by atoms with van der Waals surface area (Å²) in [6.45, 7) is 4.48. The minimum atomic E-state index is -0.250. The fourth-order valence-corrected chi connectivity index (χ4v) is 3.97. The summed E-state index contributed by atoms with van der Waals surface area (Å²) < 4.78 is 5.80. The number of hydrogen-bond acceptors (Lipinski definition) is 6. The van der Waals surface area contributed by atoms with Crippen LogP contribution in [0.3, 0.4) is 0 Å². The molecule has 5 rings (SSSR count). The number of amides is 1. The number of hydrogen-bond donors (Lipinski definition) is 3. The molecule has 9 heteroatoms. The van der Waals surface area contributed by atoms with Crippen molar-refractivity contribution in [2.24, 2.45) is 5.92 Å². The second-order valence-corrected chi connectivity index (χ2v) is 7.75. The van der Waals surface area contributed by atoms with Crippen molar-refractivity contribution >= 4 is 23.3 Å². The highest BCUT2D eigenvalue weighted by atomic mass is 16.5. The molecule has 1 aromatic carbocycles. The van der Waals surface area contributed by atoms with Gasteiger partial charge < -0.3 is 25.0 Å². The molecule has 1 atom stereocenters. The van der Waals surface area contributed by atoms with E-state index in [-0.39, 0.29) is 18.4 Å². The molecule has 9 nitrogen and oxygen atoms in total. The molecule has 0 spiro atoms. The van der Waals surface area contributed by atoms with Gasteiger partial charge in [0, 0.05) is 24.5 Å². The lowest BCUT2D eigenvalue weighted by molar-refractivity contribution is -0.122. The fourth-order valence-electron chi connectivity index (χ4n) is 3.97. The third kappa shape index (κ3) is 5.24. The van der Waals surface area contributed by atoms with E-state index < -0.39 is 0 Å². The Kier molecular flexibility index (Phi) is 7.05. The van der Waals surface area contributed by atoms with Crippen LogP contribution in [0.1, 0.15) is 23.3 Å². The number of aromatic nitrogens is 2. The average molecular weight is 403 g/mol. The molecule has 3 aliphatic rings. The van der Waals surface area contributed by atoms with E-state index in [2.05, 4.69) is 25.3 Å². The first-order valence-electron chi connectivity index (χ1n) is 9.88. The number of likely N-dealkylation sites (N-methyl/N-ethyl adjacent to an activating group) is 1. The van der Waals surface area contributed by atoms with E-state index in [1.165, 1.54) is 12.8 Å². The highest BCUT2D eigenvalue weighted by molar-refractivity contribution is 6.05. The van der Waals surface area contributed by atoms with Crippen LogP contribution in [0.5, 0.6) is 5.75 Å². The van der Waals surface area contributed by atoms with Gasteiger partial charge in [0.25, 0.3) is 12.4 Å². The Morgan fingerprint density at radius 1 is 1.41 bits per heavy atom. The van der Waals surface area contributed by atoms with Crippen molar-refractivity contribution in [2.45, 2.75) is 18.9 Å². The van der Waals surface area contributed by atoms with Gasteiger partial charge in [-0.05, 0) is 64.1 Å². The second-order valence-electron chi connectivity index (χ2n) is 7.75. The van der Waals surface area contributed by atoms with E-state index in [1.807, 2.05) is 32.3 Å². The second kappa shape index (κ2) is 9.71. The van der Waals surface area contributed by atoms with E-state index in [0.717, 1.165) is 42.8 Å². The Morgan fingerprint density at radius 3 is 2.76 bits per heavy atom. The number of rotatable bonds is 6. The fraction of sp³-hybridized carbons (Fsp3) is 0.550. The van der Waals surface area contributed by atoms with E-state index in [0.29, 0.717) is 18.2 Å². The molecule has 1 aromatic heterocycles. The molecule has 158 valence electrons. The van der Waals surface area contributed by atoms with Crippen molar-refractivity contribution < 1.29 is 19.4 Å². The molecule has 0 unspecified atom stereocenters. The van der Waals surface area contributed by atoms with Gasteiger partial charge in [0.1, 0.15) is 12.4 Å². The summed E-state index contributed by atoms with van der Waals surface area (Å²) in [6, 6.07) is 5.96. The maximum absolute atomic E-state index is 12.8. The minimum absolute atomic E-state index is 0.0968. The first-order chi connectivity index (χ1) is 14.0. The third-order valence-corrected chi connectivity index (χ3v) is 5.53. The Hall–Kier alpha value is -2.65. The van der Waals surface area contributed by atoms with Crippen LogP contribution in [0, 0.1) is 5.92 Å². The van der Waals surface area contributed by atoms with Crippen LogP contribution >= 0.6 is 0 Å². The molecule has 3 N–H and O–H groups in total. The molecule has 4 heterocycles. The van der Waals surface area contributed by atoms with Gasteiger partial charge in [0.15, 0.2) is 5.69 Å². The standard InChI is InChI=1S/C19H27N5O2.CH2O2/c1-23(2)9-10-26-14-3-4-16-15(11-14)18(22-21-16)19(25)20-17-12-24-7-5-13(17)6-8-24;2-1-3/h3-4,11,13,17H,5-10,12H2,1-2H3,(H,20,25)(H,21,22);1H,(H,2,3)/t17-;/m1./s1. The highest BCUT2D eigenvalue weighted by Crippen LogP contribution is 2.28. The van der Waals surface area contributed by atoms with E-state index in [1.54, 1.807) is 0 Å². The number of nitrogens with zero attached hydrogens (tertiary/aromatic N) is 3. The number of ether oxygens (including phenoxy) is 1. The normalized spacial score (nSPS) is 22.8. The lowest BCUT2D eigenvalue weighted by Crippen LogP contribution is -2.57. The molecular formula is C20H29N5O4. The molecule has 0 aliphatic carbocycles. The first kappa shape index (κ1) is 21.1. The largest absolute Gasteiger partial charge is 0.492 e. The first-order valence-corrected chi connectivity index (χ1v) is 9.88. The predicted octanol–water partition coefficient (Wildman–Crippen LogP) is 1.03. The molecule has 2 bridgehead atoms. The van der Waals surface area contributed by atoms with Crippen molar-refractivity contribution in [1.82, 2.24) is 25.3 Å². The zero-order valence-corrected chi connectivity index (χ0v) is 16.9. The van der Waals surface area contributed by atoms with Crippen LogP contribution in [-0.2, 0) is 4.79 Å². The Labute approximate surface area is 170 Å². The van der Waals surface area contributed by atoms with Gasteiger partial charge in [-0.25, -0.2) is 0 Å². The summed E-state index contributed by atoms with van der Waals surface area (Å²) in [5, 5.41) is 18.1. The summed E-state index contributed by atoms with van der Waals surface area (Å²) in [7, 11) is 4.03. The molecule has 0 saturated carbocycles. The zero-order valence-electron chi connectivity index (χ0n) is 16.9. The van der Waals surface area contributed by atoms with Gasteiger partial charge in [0.05, 0.1) is 5.52 Å². The third-order valence-electron chi connectivity index (χ3n) is 5.53. The van der Waals surface area contributed by atoms with Gasteiger partial charge in [-0.1, -0.05) is 0 Å². The summed E-state index contributed by atoms with van der Waals surface area (Å²) in [4.78, 5) is 25.7. The van der Waals surface area contributed by atoms with E-state index in [9.17, 15) is 4.79 Å². The van der Waals surface area contributed by atoms with Crippen LogP contribution in [0.15, 0.2) is 18.2 Å². The van der Waals surface area contributed by atoms with Gasteiger partial charge >= 0.3 is 0 Å². The zero-order chi connectivity index (χ0) is 20.8. The monoisotopic (exact) mass is 403 g/mol. The quantitative estimate of drug-likeness (QED) is 0.618. The van der Waals surface area contributed by atoms with Crippen LogP contribution in [0.4, 0.5) is 0 Å². The lowest BCUT2D eigenvalue weighted by Gasteiger charge is -2.44. The van der Waals surface area contributed by atoms with Crippen LogP contribution in [-0.4, -0.2) is 90.4 Å². The Morgan fingerprint density at radius 2 is 2.14 bits per heavy atom. The van der Waals surface area contributed by atoms with Crippen LogP contribution < -0.4 is 10.1 Å². The lowest BCUT2D eigenvalue weighted by atomic mass is 9.84. The van der Waals surface area contributed by atoms with Crippen LogP contribution in [0.25, 0.3) is 10.9 Å². The van der Waals surface area contributed by atoms with Crippen molar-refractivity contribution in [2.75, 3.05) is 46.9 Å². The summed E-state index contributed by atoms with van der Waals surface area (Å²) in [5.41, 5.74) is 1.30. The molecule has 2 aromatic rings. The number of benzene rings is 1. The van der Waals surface area contributed by atoms with Crippen molar-refractivity contribution in [3.63, 3.8) is 0 Å². The van der Waals surface area contributed by atoms with E-state index >= 15 is 0 Å². The number of carboxylic acid groups (broad SMARTS) is 1. The Bertz CT molecular complexity index is 829. The number of piperidine rings is 3. The maximum atomic E-state index is 12.8. The molecule has 1 amide bonds. The number of fused-ring (bicyclic) bond motifs is 4.